The fourth-order valence-corrected chi connectivity index (χ4v) is 1.49. The van der Waals surface area contributed by atoms with Gasteiger partial charge in [-0.15, -0.1) is 0 Å². The van der Waals surface area contributed by atoms with Gasteiger partial charge in [-0.3, -0.25) is 4.79 Å². The predicted octanol–water partition coefficient (Wildman–Crippen LogP) is 2.56. The van der Waals surface area contributed by atoms with E-state index in [9.17, 15) is 9.59 Å². The summed E-state index contributed by atoms with van der Waals surface area (Å²) in [6.07, 6.45) is 0.588. The number of methoxy groups -OCH3 is 1. The van der Waals surface area contributed by atoms with Crippen molar-refractivity contribution in [3.63, 3.8) is 0 Å². The quantitative estimate of drug-likeness (QED) is 0.716. The van der Waals surface area contributed by atoms with Crippen LogP contribution >= 0.6 is 0 Å². The Kier molecular flexibility index (Phi) is 4.23. The Morgan fingerprint density at radius 1 is 1.25 bits per heavy atom. The van der Waals surface area contributed by atoms with Crippen LogP contribution in [-0.4, -0.2) is 18.7 Å². The lowest BCUT2D eigenvalue weighted by atomic mass is 10.0. The molecular weight excluding hydrogens is 204 g/mol. The Morgan fingerprint density at radius 2 is 1.94 bits per heavy atom. The molecule has 0 spiro atoms. The second kappa shape index (κ2) is 5.45. The van der Waals surface area contributed by atoms with Crippen molar-refractivity contribution < 1.29 is 14.3 Å². The smallest absolute Gasteiger partial charge is 0.163 e. The van der Waals surface area contributed by atoms with Crippen molar-refractivity contribution in [3.05, 3.63) is 29.3 Å². The fraction of sp³-hybridized carbons (Fsp3) is 0.385. The molecule has 86 valence electrons. The molecule has 0 saturated carbocycles. The third-order valence-corrected chi connectivity index (χ3v) is 2.42. The Balaban J connectivity index is 2.77. The van der Waals surface area contributed by atoms with Crippen LogP contribution in [-0.2, 0) is 4.79 Å². The molecule has 16 heavy (non-hydrogen) atoms. The first-order chi connectivity index (χ1) is 7.54. The molecule has 3 nitrogen and oxygen atoms in total. The minimum absolute atomic E-state index is 0.000882. The van der Waals surface area contributed by atoms with E-state index in [4.69, 9.17) is 4.74 Å². The Bertz CT molecular complexity index is 408. The van der Waals surface area contributed by atoms with Crippen LogP contribution < -0.4 is 4.74 Å². The van der Waals surface area contributed by atoms with Crippen LogP contribution in [0.3, 0.4) is 0 Å². The Morgan fingerprint density at radius 3 is 2.44 bits per heavy atom. The molecule has 0 amide bonds. The highest BCUT2D eigenvalue weighted by Gasteiger charge is 2.08. The first kappa shape index (κ1) is 12.4. The predicted molar refractivity (Wildman–Crippen MR) is 62.0 cm³/mol. The summed E-state index contributed by atoms with van der Waals surface area (Å²) < 4.78 is 5.11. The number of carbonyl (C=O) groups is 2. The van der Waals surface area contributed by atoms with Crippen LogP contribution in [0.1, 0.15) is 35.7 Å². The fourth-order valence-electron chi connectivity index (χ4n) is 1.49. The molecule has 0 fully saturated rings. The van der Waals surface area contributed by atoms with Gasteiger partial charge in [-0.2, -0.15) is 0 Å². The van der Waals surface area contributed by atoms with E-state index in [0.29, 0.717) is 12.0 Å². The first-order valence-electron chi connectivity index (χ1n) is 5.22. The lowest BCUT2D eigenvalue weighted by Crippen LogP contribution is -2.03. The van der Waals surface area contributed by atoms with E-state index in [2.05, 4.69) is 0 Å². The monoisotopic (exact) mass is 220 g/mol. The molecule has 0 aliphatic rings. The lowest BCUT2D eigenvalue weighted by molar-refractivity contribution is -0.116. The summed E-state index contributed by atoms with van der Waals surface area (Å²) in [7, 11) is 1.60. The minimum Gasteiger partial charge on any atom is -0.496 e. The third kappa shape index (κ3) is 3.19. The van der Waals surface area contributed by atoms with E-state index in [1.54, 1.807) is 25.3 Å². The van der Waals surface area contributed by atoms with Gasteiger partial charge < -0.3 is 9.53 Å². The second-order valence-electron chi connectivity index (χ2n) is 3.81. The molecule has 1 rings (SSSR count). The molecule has 1 aromatic carbocycles. The molecule has 0 unspecified atom stereocenters. The Labute approximate surface area is 95.4 Å². The van der Waals surface area contributed by atoms with Crippen molar-refractivity contribution >= 4 is 11.6 Å². The van der Waals surface area contributed by atoms with Gasteiger partial charge >= 0.3 is 0 Å². The van der Waals surface area contributed by atoms with Crippen molar-refractivity contribution in [2.45, 2.75) is 26.7 Å². The van der Waals surface area contributed by atoms with Crippen molar-refractivity contribution in [2.75, 3.05) is 7.11 Å². The highest BCUT2D eigenvalue weighted by Crippen LogP contribution is 2.19. The van der Waals surface area contributed by atoms with Crippen LogP contribution in [0.15, 0.2) is 18.2 Å². The number of ketones is 2. The minimum atomic E-state index is 0.000882. The van der Waals surface area contributed by atoms with Crippen molar-refractivity contribution in [2.24, 2.45) is 0 Å². The van der Waals surface area contributed by atoms with Crippen LogP contribution in [0.4, 0.5) is 0 Å². The summed E-state index contributed by atoms with van der Waals surface area (Å²) in [4.78, 5) is 22.5. The standard InChI is InChI=1S/C13H16O3/c1-9-8-11(5-7-13(9)16-3)12(15)6-4-10(2)14/h5,7-8H,4,6H2,1-3H3. The van der Waals surface area contributed by atoms with Gasteiger partial charge in [0.15, 0.2) is 5.78 Å². The van der Waals surface area contributed by atoms with Crippen molar-refractivity contribution in [1.82, 2.24) is 0 Å². The van der Waals surface area contributed by atoms with Gasteiger partial charge in [0, 0.05) is 18.4 Å². The highest BCUT2D eigenvalue weighted by molar-refractivity contribution is 5.98. The van der Waals surface area contributed by atoms with E-state index in [1.165, 1.54) is 6.92 Å². The average molecular weight is 220 g/mol. The zero-order valence-electron chi connectivity index (χ0n) is 9.87. The number of aryl methyl sites for hydroxylation is 1. The molecule has 0 heterocycles. The van der Waals surface area contributed by atoms with Gasteiger partial charge in [0.2, 0.25) is 0 Å². The zero-order chi connectivity index (χ0) is 12.1. The maximum Gasteiger partial charge on any atom is 0.163 e. The number of hydrogen-bond acceptors (Lipinski definition) is 3. The summed E-state index contributed by atoms with van der Waals surface area (Å²) in [6.45, 7) is 3.38. The van der Waals surface area contributed by atoms with Gasteiger partial charge in [-0.1, -0.05) is 0 Å². The maximum atomic E-state index is 11.7. The summed E-state index contributed by atoms with van der Waals surface area (Å²) in [5, 5.41) is 0. The van der Waals surface area contributed by atoms with E-state index < -0.39 is 0 Å². The van der Waals surface area contributed by atoms with Gasteiger partial charge in [-0.05, 0) is 37.6 Å². The molecule has 0 radical (unpaired) electrons. The number of hydrogen-bond donors (Lipinski definition) is 0. The van der Waals surface area contributed by atoms with E-state index >= 15 is 0 Å². The van der Waals surface area contributed by atoms with Crippen LogP contribution in [0, 0.1) is 6.92 Å². The highest BCUT2D eigenvalue weighted by atomic mass is 16.5. The van der Waals surface area contributed by atoms with E-state index in [0.717, 1.165) is 11.3 Å². The first-order valence-corrected chi connectivity index (χ1v) is 5.22. The SMILES string of the molecule is COc1ccc(C(=O)CCC(C)=O)cc1C. The van der Waals surface area contributed by atoms with Gasteiger partial charge in [0.1, 0.15) is 11.5 Å². The molecule has 0 aliphatic carbocycles. The molecule has 0 saturated heterocycles. The zero-order valence-corrected chi connectivity index (χ0v) is 9.87. The second-order valence-corrected chi connectivity index (χ2v) is 3.81. The summed E-state index contributed by atoms with van der Waals surface area (Å²) >= 11 is 0. The normalized spacial score (nSPS) is 9.94. The summed E-state index contributed by atoms with van der Waals surface area (Å²) in [6, 6.07) is 5.30. The van der Waals surface area contributed by atoms with Crippen molar-refractivity contribution in [1.29, 1.82) is 0 Å². The molecule has 0 atom stereocenters. The molecular formula is C13H16O3. The molecule has 0 aliphatic heterocycles. The molecule has 0 aromatic heterocycles. The lowest BCUT2D eigenvalue weighted by Gasteiger charge is -2.06. The van der Waals surface area contributed by atoms with Crippen LogP contribution in [0.5, 0.6) is 5.75 Å². The summed E-state index contributed by atoms with van der Waals surface area (Å²) in [5.74, 6) is 0.808. The number of benzene rings is 1. The molecule has 1 aromatic rings. The van der Waals surface area contributed by atoms with Gasteiger partial charge in [0.05, 0.1) is 7.11 Å². The van der Waals surface area contributed by atoms with E-state index in [1.807, 2.05) is 6.92 Å². The third-order valence-electron chi connectivity index (χ3n) is 2.42. The molecule has 0 bridgehead atoms. The average Bonchev–Trinajstić information content (AvgIpc) is 2.25. The van der Waals surface area contributed by atoms with E-state index in [-0.39, 0.29) is 18.0 Å². The van der Waals surface area contributed by atoms with Crippen molar-refractivity contribution in [3.8, 4) is 5.75 Å². The van der Waals surface area contributed by atoms with Crippen LogP contribution in [0.25, 0.3) is 0 Å². The topological polar surface area (TPSA) is 43.4 Å². The van der Waals surface area contributed by atoms with Gasteiger partial charge in [-0.25, -0.2) is 0 Å². The van der Waals surface area contributed by atoms with Crippen LogP contribution in [0.2, 0.25) is 0 Å². The number of carbonyl (C=O) groups excluding carboxylic acids is 2. The largest absolute Gasteiger partial charge is 0.496 e. The maximum absolute atomic E-state index is 11.7. The molecule has 3 heteroatoms. The summed E-state index contributed by atoms with van der Waals surface area (Å²) in [5.41, 5.74) is 1.57. The number of ether oxygens (including phenoxy) is 1. The Hall–Kier alpha value is -1.64. The number of rotatable bonds is 5. The number of Topliss-reactive ketones (excluding diaryl/α,β-unsaturated/α-hetero) is 2. The molecule has 0 N–H and O–H groups in total. The van der Waals surface area contributed by atoms with Gasteiger partial charge in [0.25, 0.3) is 0 Å².